The van der Waals surface area contributed by atoms with Crippen molar-refractivity contribution in [2.45, 2.75) is 94.0 Å². The van der Waals surface area contributed by atoms with Crippen molar-refractivity contribution in [3.63, 3.8) is 0 Å². The summed E-state index contributed by atoms with van der Waals surface area (Å²) in [4.78, 5) is 36.6. The van der Waals surface area contributed by atoms with E-state index in [9.17, 15) is 19.8 Å². The fraction of sp³-hybridized carbons (Fsp3) is 0.538. The van der Waals surface area contributed by atoms with Gasteiger partial charge in [0.15, 0.2) is 0 Å². The molecule has 13 heteroatoms. The number of aromatic amines is 1. The first kappa shape index (κ1) is 36.5. The first-order valence-corrected chi connectivity index (χ1v) is 18.7. The molecule has 2 aromatic heterocycles. The number of methoxy groups -OCH3 is 1. The summed E-state index contributed by atoms with van der Waals surface area (Å²) in [6.07, 6.45) is 6.81. The fourth-order valence-electron chi connectivity index (χ4n) is 7.71. The Labute approximate surface area is 309 Å². The molecule has 2 heterocycles. The summed E-state index contributed by atoms with van der Waals surface area (Å²) < 4.78 is 7.19. The van der Waals surface area contributed by atoms with Gasteiger partial charge in [-0.25, -0.2) is 4.98 Å². The summed E-state index contributed by atoms with van der Waals surface area (Å²) in [7, 11) is 3.30. The third kappa shape index (κ3) is 7.23. The Morgan fingerprint density at radius 2 is 1.88 bits per heavy atom. The van der Waals surface area contributed by atoms with Crippen molar-refractivity contribution < 1.29 is 24.5 Å². The van der Waals surface area contributed by atoms with Crippen LogP contribution in [0.1, 0.15) is 98.2 Å². The van der Waals surface area contributed by atoms with Crippen molar-refractivity contribution in [1.29, 1.82) is 0 Å². The summed E-state index contributed by atoms with van der Waals surface area (Å²) in [6.45, 7) is 4.44. The van der Waals surface area contributed by atoms with Crippen LogP contribution < -0.4 is 16.0 Å². The number of hydrogen-bond acceptors (Lipinski definition) is 8. The number of nitrogens with one attached hydrogen (secondary N) is 4. The quantitative estimate of drug-likeness (QED) is 0.0909. The molecule has 3 aliphatic rings. The highest BCUT2D eigenvalue weighted by molar-refractivity contribution is 6.31. The largest absolute Gasteiger partial charge is 0.389 e. The van der Waals surface area contributed by atoms with Crippen molar-refractivity contribution in [1.82, 2.24) is 35.7 Å². The van der Waals surface area contributed by atoms with Gasteiger partial charge in [0.05, 0.1) is 40.7 Å². The lowest BCUT2D eigenvalue weighted by Gasteiger charge is -2.40. The van der Waals surface area contributed by atoms with Gasteiger partial charge in [-0.1, -0.05) is 49.2 Å². The lowest BCUT2D eigenvalue weighted by molar-refractivity contribution is -0.131. The summed E-state index contributed by atoms with van der Waals surface area (Å²) >= 11 is 6.84. The van der Waals surface area contributed by atoms with Gasteiger partial charge in [-0.15, -0.1) is 0 Å². The normalized spacial score (nSPS) is 21.0. The molecule has 3 saturated carbocycles. The Morgan fingerprint density at radius 1 is 1.13 bits per heavy atom. The van der Waals surface area contributed by atoms with E-state index in [4.69, 9.17) is 21.3 Å². The zero-order valence-electron chi connectivity index (χ0n) is 30.3. The van der Waals surface area contributed by atoms with Gasteiger partial charge < -0.3 is 30.6 Å². The van der Waals surface area contributed by atoms with Gasteiger partial charge in [-0.3, -0.25) is 19.6 Å². The van der Waals surface area contributed by atoms with E-state index >= 15 is 0 Å². The minimum absolute atomic E-state index is 0.0995. The van der Waals surface area contributed by atoms with E-state index in [2.05, 4.69) is 33.0 Å². The van der Waals surface area contributed by atoms with Gasteiger partial charge in [0.2, 0.25) is 5.91 Å². The number of aliphatic hydroxyl groups is 2. The topological polar surface area (TPSA) is 166 Å². The van der Waals surface area contributed by atoms with Crippen LogP contribution in [0, 0.1) is 11.3 Å². The Kier molecular flexibility index (Phi) is 9.98. The molecule has 4 aromatic rings. The van der Waals surface area contributed by atoms with Gasteiger partial charge in [0.25, 0.3) is 5.91 Å². The van der Waals surface area contributed by atoms with Crippen LogP contribution in [0.25, 0.3) is 11.0 Å². The maximum atomic E-state index is 14.3. The maximum Gasteiger partial charge on any atom is 0.270 e. The van der Waals surface area contributed by atoms with Crippen LogP contribution in [0.3, 0.4) is 0 Å². The number of aliphatic hydroxyl groups excluding tert-OH is 1. The average molecular weight is 732 g/mol. The van der Waals surface area contributed by atoms with E-state index < -0.39 is 29.3 Å². The summed E-state index contributed by atoms with van der Waals surface area (Å²) in [5.74, 6) is -0.0244. The highest BCUT2D eigenvalue weighted by atomic mass is 35.5. The number of carbonyl (C=O) groups excluding carboxylic acids is 2. The van der Waals surface area contributed by atoms with Gasteiger partial charge in [0.1, 0.15) is 17.7 Å². The molecule has 2 unspecified atom stereocenters. The molecule has 0 bridgehead atoms. The molecule has 0 aliphatic heterocycles. The summed E-state index contributed by atoms with van der Waals surface area (Å²) in [5, 5.41) is 35.9. The number of benzene rings is 2. The average Bonchev–Trinajstić information content (AvgIpc) is 3.91. The van der Waals surface area contributed by atoms with E-state index in [1.165, 1.54) is 0 Å². The SMILES string of the molecule is COCC(C)(C(=O)N[C@H](C1CCC1)C(O)NCC1(O)CC1)c1ccc2nc([C@@H](NC(=O)c3ccnn3C)[C@H](c3ccccc3Cl)C3(C)CC3)[nH]c2c1. The van der Waals surface area contributed by atoms with E-state index in [0.29, 0.717) is 46.0 Å². The number of H-pyrrole nitrogens is 1. The predicted octanol–water partition coefficient (Wildman–Crippen LogP) is 4.63. The molecule has 3 aliphatic carbocycles. The molecule has 278 valence electrons. The fourth-order valence-corrected chi connectivity index (χ4v) is 7.96. The van der Waals surface area contributed by atoms with E-state index in [0.717, 1.165) is 37.7 Å². The standard InChI is InChI=1S/C39H50ClN7O5/c1-37(15-16-37)30(25-10-5-6-11-26(25)40)32(45-34(48)29-14-19-42-47(29)3)33-43-27-13-12-24(20-28(27)44-33)38(2,22-52-4)36(50)46-31(23-8-7-9-23)35(49)41-21-39(51)17-18-39/h5-6,10-14,19-20,23,30-32,35,41,49,51H,7-9,15-18,21-22H2,1-4H3,(H,43,44)(H,45,48)(H,46,50)/t30-,31+,32-,35?,38?/m0/s1. The number of fused-ring (bicyclic) bond motifs is 1. The highest BCUT2D eigenvalue weighted by Crippen LogP contribution is 2.60. The molecule has 2 aromatic carbocycles. The van der Waals surface area contributed by atoms with Crippen molar-refractivity contribution in [2.24, 2.45) is 18.4 Å². The first-order valence-electron chi connectivity index (χ1n) is 18.3. The molecule has 2 amide bonds. The Balaban J connectivity index is 1.22. The number of amides is 2. The summed E-state index contributed by atoms with van der Waals surface area (Å²) in [6, 6.07) is 14.1. The molecule has 12 nitrogen and oxygen atoms in total. The number of imidazole rings is 1. The van der Waals surface area contributed by atoms with Gasteiger partial charge in [-0.05, 0) is 92.2 Å². The van der Waals surface area contributed by atoms with Gasteiger partial charge in [0, 0.05) is 37.8 Å². The number of hydrogen-bond donors (Lipinski definition) is 6. The molecule has 6 N–H and O–H groups in total. The monoisotopic (exact) mass is 731 g/mol. The number of ether oxygens (including phenoxy) is 1. The van der Waals surface area contributed by atoms with Crippen LogP contribution in [-0.4, -0.2) is 79.9 Å². The molecule has 3 fully saturated rings. The van der Waals surface area contributed by atoms with Crippen LogP contribution in [0.4, 0.5) is 0 Å². The number of aromatic nitrogens is 4. The lowest BCUT2D eigenvalue weighted by Crippen LogP contribution is -2.59. The third-order valence-electron chi connectivity index (χ3n) is 11.8. The van der Waals surface area contributed by atoms with E-state index in [-0.39, 0.29) is 42.2 Å². The zero-order chi connectivity index (χ0) is 36.8. The van der Waals surface area contributed by atoms with E-state index in [1.54, 1.807) is 31.1 Å². The minimum Gasteiger partial charge on any atom is -0.389 e. The number of aryl methyl sites for hydroxylation is 1. The third-order valence-corrected chi connectivity index (χ3v) is 12.2. The number of rotatable bonds is 16. The van der Waals surface area contributed by atoms with E-state index in [1.807, 2.05) is 49.4 Å². The maximum absolute atomic E-state index is 14.3. The van der Waals surface area contributed by atoms with Crippen LogP contribution in [0.5, 0.6) is 0 Å². The van der Waals surface area contributed by atoms with Crippen LogP contribution in [0.15, 0.2) is 54.7 Å². The second-order valence-electron chi connectivity index (χ2n) is 15.8. The predicted molar refractivity (Wildman–Crippen MR) is 198 cm³/mol. The van der Waals surface area contributed by atoms with Crippen molar-refractivity contribution >= 4 is 34.4 Å². The first-order chi connectivity index (χ1) is 24.8. The highest BCUT2D eigenvalue weighted by Gasteiger charge is 2.51. The van der Waals surface area contributed by atoms with Crippen LogP contribution >= 0.6 is 11.6 Å². The Bertz CT molecular complexity index is 1930. The molecular weight excluding hydrogens is 682 g/mol. The molecule has 52 heavy (non-hydrogen) atoms. The van der Waals surface area contributed by atoms with Crippen LogP contribution in [0.2, 0.25) is 5.02 Å². The Hall–Kier alpha value is -3.81. The van der Waals surface area contributed by atoms with Crippen molar-refractivity contribution in [2.75, 3.05) is 20.3 Å². The molecule has 0 spiro atoms. The van der Waals surface area contributed by atoms with Gasteiger partial charge in [-0.2, -0.15) is 5.10 Å². The van der Waals surface area contributed by atoms with Crippen LogP contribution in [-0.2, 0) is 22.0 Å². The van der Waals surface area contributed by atoms with Crippen molar-refractivity contribution in [3.8, 4) is 0 Å². The van der Waals surface area contributed by atoms with Gasteiger partial charge >= 0.3 is 0 Å². The smallest absolute Gasteiger partial charge is 0.270 e. The number of nitrogens with zero attached hydrogens (tertiary/aromatic N) is 3. The van der Waals surface area contributed by atoms with Crippen molar-refractivity contribution in [3.05, 3.63) is 82.4 Å². The second kappa shape index (κ2) is 14.2. The summed E-state index contributed by atoms with van der Waals surface area (Å²) in [5.41, 5.74) is 1.45. The second-order valence-corrected chi connectivity index (χ2v) is 16.2. The molecule has 5 atom stereocenters. The lowest BCUT2D eigenvalue weighted by atomic mass is 9.77. The number of halogens is 1. The molecule has 7 rings (SSSR count). The molecule has 0 radical (unpaired) electrons. The molecule has 0 saturated heterocycles. The molecular formula is C39H50ClN7O5. The zero-order valence-corrected chi connectivity index (χ0v) is 31.0. The minimum atomic E-state index is -1.11. The number of carbonyl (C=O) groups is 2. The Morgan fingerprint density at radius 3 is 2.50 bits per heavy atom.